The van der Waals surface area contributed by atoms with Gasteiger partial charge in [-0.3, -0.25) is 14.9 Å². The molecule has 6 aromatic rings. The fourth-order valence-electron chi connectivity index (χ4n) is 4.86. The predicted octanol–water partition coefficient (Wildman–Crippen LogP) is 7.70. The number of anilines is 1. The van der Waals surface area contributed by atoms with E-state index in [0.29, 0.717) is 50.4 Å². The topological polar surface area (TPSA) is 149 Å². The summed E-state index contributed by atoms with van der Waals surface area (Å²) in [5.41, 5.74) is 5.35. The summed E-state index contributed by atoms with van der Waals surface area (Å²) in [6.45, 7) is 8.00. The van der Waals surface area contributed by atoms with Crippen molar-refractivity contribution in [2.45, 2.75) is 13.8 Å². The zero-order chi connectivity index (χ0) is 34.8. The van der Waals surface area contributed by atoms with E-state index in [4.69, 9.17) is 18.4 Å². The minimum absolute atomic E-state index is 0.0675. The molecule has 0 radical (unpaired) electrons. The van der Waals surface area contributed by atoms with Gasteiger partial charge in [-0.05, 0) is 54.1 Å². The highest BCUT2D eigenvalue weighted by molar-refractivity contribution is 6.13. The number of benzene rings is 4. The molecular formula is C35H33FN4O7. The molecule has 0 spiro atoms. The van der Waals surface area contributed by atoms with Crippen LogP contribution in [0.5, 0.6) is 0 Å². The fourth-order valence-corrected chi connectivity index (χ4v) is 4.86. The van der Waals surface area contributed by atoms with Gasteiger partial charge in [0.15, 0.2) is 5.58 Å². The highest BCUT2D eigenvalue weighted by Gasteiger charge is 2.24. The van der Waals surface area contributed by atoms with Gasteiger partial charge in [0.1, 0.15) is 36.3 Å². The van der Waals surface area contributed by atoms with E-state index in [1.54, 1.807) is 19.2 Å². The Bertz CT molecular complexity index is 2010. The molecule has 0 unspecified atom stereocenters. The van der Waals surface area contributed by atoms with Crippen molar-refractivity contribution in [1.82, 2.24) is 10.3 Å². The zero-order valence-electron chi connectivity index (χ0n) is 26.5. The van der Waals surface area contributed by atoms with E-state index >= 15 is 0 Å². The van der Waals surface area contributed by atoms with Crippen molar-refractivity contribution < 1.29 is 32.5 Å². The van der Waals surface area contributed by atoms with Crippen molar-refractivity contribution in [2.24, 2.45) is 0 Å². The maximum absolute atomic E-state index is 13.6. The maximum Gasteiger partial charge on any atom is 0.271 e. The third kappa shape index (κ3) is 7.22. The minimum atomic E-state index is -0.474. The average molecular weight is 641 g/mol. The van der Waals surface area contributed by atoms with Gasteiger partial charge >= 0.3 is 0 Å². The standard InChI is InChI=1S/C31H23FN4O5.C2H6.2CH2O/c1-33-30(37)28-23-15-22(25(35(2)3)16-27(23)40-29(28)17-7-9-20(32)10-8-17)18-5-4-6-19(13-18)31-34-24-14-21(36(38)39)11-12-26(24)41-31;3*1-2/h4-16H,1-3H3,(H,33,37);1-2H3;2*1H2. The van der Waals surface area contributed by atoms with E-state index in [9.17, 15) is 19.3 Å². The highest BCUT2D eigenvalue weighted by Crippen LogP contribution is 2.41. The van der Waals surface area contributed by atoms with Gasteiger partial charge in [-0.25, -0.2) is 9.37 Å². The summed E-state index contributed by atoms with van der Waals surface area (Å²) in [7, 11) is 5.36. The monoisotopic (exact) mass is 640 g/mol. The molecular weight excluding hydrogens is 607 g/mol. The molecule has 1 amide bonds. The van der Waals surface area contributed by atoms with Crippen molar-refractivity contribution in [3.8, 4) is 33.9 Å². The lowest BCUT2D eigenvalue weighted by Gasteiger charge is -2.18. The van der Waals surface area contributed by atoms with E-state index in [2.05, 4.69) is 10.3 Å². The number of non-ortho nitro benzene ring substituents is 1. The summed E-state index contributed by atoms with van der Waals surface area (Å²) in [5, 5.41) is 14.5. The summed E-state index contributed by atoms with van der Waals surface area (Å²) >= 11 is 0. The number of hydrogen-bond donors (Lipinski definition) is 1. The first-order valence-electron chi connectivity index (χ1n) is 14.2. The second kappa shape index (κ2) is 15.7. The number of carbonyl (C=O) groups is 3. The van der Waals surface area contributed by atoms with Gasteiger partial charge in [-0.1, -0.05) is 26.0 Å². The average Bonchev–Trinajstić information content (AvgIpc) is 3.71. The molecule has 0 atom stereocenters. The molecule has 12 heteroatoms. The summed E-state index contributed by atoms with van der Waals surface area (Å²) in [4.78, 5) is 46.2. The van der Waals surface area contributed by atoms with E-state index < -0.39 is 4.92 Å². The Morgan fingerprint density at radius 3 is 2.15 bits per heavy atom. The van der Waals surface area contributed by atoms with Crippen LogP contribution in [0.2, 0.25) is 0 Å². The van der Waals surface area contributed by atoms with Crippen LogP contribution in [0.1, 0.15) is 24.2 Å². The smallest absolute Gasteiger partial charge is 0.271 e. The van der Waals surface area contributed by atoms with Crippen LogP contribution in [0.3, 0.4) is 0 Å². The van der Waals surface area contributed by atoms with Gasteiger partial charge in [0, 0.05) is 67.1 Å². The number of fused-ring (bicyclic) bond motifs is 2. The second-order valence-electron chi connectivity index (χ2n) is 9.66. The Labute approximate surface area is 269 Å². The van der Waals surface area contributed by atoms with Gasteiger partial charge in [0.2, 0.25) is 5.89 Å². The van der Waals surface area contributed by atoms with Crippen molar-refractivity contribution >= 4 is 52.9 Å². The number of aromatic nitrogens is 1. The predicted molar refractivity (Wildman–Crippen MR) is 180 cm³/mol. The lowest BCUT2D eigenvalue weighted by molar-refractivity contribution is -0.384. The number of nitrogens with zero attached hydrogens (tertiary/aromatic N) is 3. The lowest BCUT2D eigenvalue weighted by atomic mass is 9.97. The second-order valence-corrected chi connectivity index (χ2v) is 9.66. The Hall–Kier alpha value is -6.17. The summed E-state index contributed by atoms with van der Waals surface area (Å²) in [6.07, 6.45) is 0. The summed E-state index contributed by atoms with van der Waals surface area (Å²) < 4.78 is 25.7. The first-order valence-corrected chi connectivity index (χ1v) is 14.2. The number of hydrogen-bond acceptors (Lipinski definition) is 9. The molecule has 1 N–H and O–H groups in total. The Balaban J connectivity index is 0.000000947. The number of halogens is 1. The number of furan rings is 1. The largest absolute Gasteiger partial charge is 0.455 e. The van der Waals surface area contributed by atoms with Crippen LogP contribution in [0.25, 0.3) is 56.0 Å². The van der Waals surface area contributed by atoms with Crippen LogP contribution < -0.4 is 10.2 Å². The normalized spacial score (nSPS) is 10.1. The molecule has 242 valence electrons. The molecule has 0 saturated carbocycles. The van der Waals surface area contributed by atoms with Crippen LogP contribution in [0.15, 0.2) is 87.7 Å². The molecule has 6 rings (SSSR count). The third-order valence-corrected chi connectivity index (χ3v) is 6.85. The first-order chi connectivity index (χ1) is 22.7. The van der Waals surface area contributed by atoms with Crippen LogP contribution in [0, 0.1) is 15.9 Å². The van der Waals surface area contributed by atoms with Gasteiger partial charge in [-0.15, -0.1) is 0 Å². The number of nitrogens with one attached hydrogen (secondary N) is 1. The van der Waals surface area contributed by atoms with E-state index in [1.807, 2.05) is 82.8 Å². The Kier molecular flexibility index (Phi) is 11.8. The maximum atomic E-state index is 13.6. The quantitative estimate of drug-likeness (QED) is 0.143. The molecule has 0 aliphatic heterocycles. The van der Waals surface area contributed by atoms with Gasteiger partial charge in [-0.2, -0.15) is 0 Å². The molecule has 0 saturated heterocycles. The first kappa shape index (κ1) is 35.3. The Morgan fingerprint density at radius 1 is 0.872 bits per heavy atom. The number of nitro groups is 1. The SMILES string of the molecule is C=O.C=O.CC.CNC(=O)c1c(-c2ccc(F)cc2)oc2cc(N(C)C)c(-c3cccc(-c4nc5cc([N+](=O)[O-])ccc5o4)c3)cc12. The van der Waals surface area contributed by atoms with E-state index in [-0.39, 0.29) is 17.4 Å². The molecule has 0 fully saturated rings. The fraction of sp³-hybridized carbons (Fsp3) is 0.143. The summed E-state index contributed by atoms with van der Waals surface area (Å²) in [5.74, 6) is -0.0557. The molecule has 0 aliphatic carbocycles. The van der Waals surface area contributed by atoms with Gasteiger partial charge in [0.25, 0.3) is 11.6 Å². The molecule has 47 heavy (non-hydrogen) atoms. The Morgan fingerprint density at radius 2 is 1.53 bits per heavy atom. The number of amides is 1. The van der Waals surface area contributed by atoms with E-state index in [0.717, 1.165) is 16.8 Å². The van der Waals surface area contributed by atoms with Gasteiger partial charge < -0.3 is 28.6 Å². The van der Waals surface area contributed by atoms with Crippen LogP contribution in [0.4, 0.5) is 15.8 Å². The third-order valence-electron chi connectivity index (χ3n) is 6.85. The molecule has 4 aromatic carbocycles. The van der Waals surface area contributed by atoms with E-state index in [1.165, 1.54) is 30.3 Å². The molecule has 2 aromatic heterocycles. The number of oxazole rings is 1. The molecule has 2 heterocycles. The number of carbonyl (C=O) groups excluding carboxylic acids is 3. The number of nitro benzene ring substituents is 1. The summed E-state index contributed by atoms with van der Waals surface area (Å²) in [6, 6.07) is 21.4. The van der Waals surface area contributed by atoms with Gasteiger partial charge in [0.05, 0.1) is 10.5 Å². The lowest BCUT2D eigenvalue weighted by Crippen LogP contribution is -2.18. The highest BCUT2D eigenvalue weighted by atomic mass is 19.1. The minimum Gasteiger partial charge on any atom is -0.455 e. The van der Waals surface area contributed by atoms with Crippen molar-refractivity contribution in [3.05, 3.63) is 100 Å². The van der Waals surface area contributed by atoms with Crippen molar-refractivity contribution in [2.75, 3.05) is 26.0 Å². The zero-order valence-corrected chi connectivity index (χ0v) is 26.5. The van der Waals surface area contributed by atoms with Crippen molar-refractivity contribution in [3.63, 3.8) is 0 Å². The number of rotatable bonds is 6. The van der Waals surface area contributed by atoms with Crippen LogP contribution in [-0.2, 0) is 9.59 Å². The molecule has 0 aliphatic rings. The van der Waals surface area contributed by atoms with Crippen molar-refractivity contribution in [1.29, 1.82) is 0 Å². The van der Waals surface area contributed by atoms with Crippen LogP contribution >= 0.6 is 0 Å². The van der Waals surface area contributed by atoms with Crippen LogP contribution in [-0.4, -0.2) is 50.5 Å². The molecule has 0 bridgehead atoms. The molecule has 11 nitrogen and oxygen atoms in total.